The molecule has 7 nitrogen and oxygen atoms in total. The number of carbonyl (C=O) groups is 2. The average molecular weight is 361 g/mol. The van der Waals surface area contributed by atoms with Crippen molar-refractivity contribution in [3.05, 3.63) is 48.0 Å². The quantitative estimate of drug-likeness (QED) is 0.704. The number of ketones is 2. The summed E-state index contributed by atoms with van der Waals surface area (Å²) >= 11 is 0. The van der Waals surface area contributed by atoms with Gasteiger partial charge in [0.2, 0.25) is 11.6 Å². The summed E-state index contributed by atoms with van der Waals surface area (Å²) in [6, 6.07) is 8.09. The third-order valence-electron chi connectivity index (χ3n) is 4.22. The number of sulfonamides is 1. The number of hydrazone groups is 1. The summed E-state index contributed by atoms with van der Waals surface area (Å²) in [6.45, 7) is 0.336. The fourth-order valence-electron chi connectivity index (χ4n) is 2.90. The van der Waals surface area contributed by atoms with Crippen molar-refractivity contribution in [1.29, 1.82) is 0 Å². The minimum atomic E-state index is -3.72. The molecule has 0 spiro atoms. The summed E-state index contributed by atoms with van der Waals surface area (Å²) in [6.07, 6.45) is 2.60. The third-order valence-corrected chi connectivity index (χ3v) is 5.81. The highest BCUT2D eigenvalue weighted by Gasteiger charge is 2.48. The van der Waals surface area contributed by atoms with Crippen LogP contribution in [0.5, 0.6) is 0 Å². The van der Waals surface area contributed by atoms with Gasteiger partial charge in [0, 0.05) is 6.54 Å². The van der Waals surface area contributed by atoms with Gasteiger partial charge in [-0.2, -0.15) is 9.52 Å². The molecule has 1 aromatic carbocycles. The molecular weight excluding hydrogens is 342 g/mol. The highest BCUT2D eigenvalue weighted by Crippen LogP contribution is 2.32. The van der Waals surface area contributed by atoms with Crippen LogP contribution < -0.4 is 0 Å². The summed E-state index contributed by atoms with van der Waals surface area (Å²) in [5.41, 5.74) is 0.959. The number of hydrogen-bond acceptors (Lipinski definition) is 6. The van der Waals surface area contributed by atoms with E-state index < -0.39 is 33.5 Å². The number of benzene rings is 1. The molecule has 3 rings (SSSR count). The zero-order chi connectivity index (χ0) is 18.2. The molecule has 0 saturated heterocycles. The van der Waals surface area contributed by atoms with E-state index in [4.69, 9.17) is 0 Å². The molecule has 0 amide bonds. The molecule has 2 unspecified atom stereocenters. The van der Waals surface area contributed by atoms with Gasteiger partial charge < -0.3 is 4.90 Å². The van der Waals surface area contributed by atoms with E-state index >= 15 is 0 Å². The Morgan fingerprint density at radius 3 is 2.48 bits per heavy atom. The molecule has 8 heteroatoms. The Balaban J connectivity index is 2.04. The van der Waals surface area contributed by atoms with Crippen LogP contribution in [-0.4, -0.2) is 67.4 Å². The second-order valence-electron chi connectivity index (χ2n) is 6.30. The first-order valence-electron chi connectivity index (χ1n) is 7.88. The van der Waals surface area contributed by atoms with Gasteiger partial charge in [-0.05, 0) is 25.7 Å². The van der Waals surface area contributed by atoms with Crippen LogP contribution in [-0.2, 0) is 19.6 Å². The van der Waals surface area contributed by atoms with Gasteiger partial charge in [0.15, 0.2) is 0 Å². The van der Waals surface area contributed by atoms with Crippen molar-refractivity contribution in [3.8, 4) is 0 Å². The molecule has 2 aliphatic rings. The highest BCUT2D eigenvalue weighted by molar-refractivity contribution is 7.89. The fraction of sp³-hybridized carbons (Fsp3) is 0.353. The summed E-state index contributed by atoms with van der Waals surface area (Å²) in [4.78, 5) is 26.0. The lowest BCUT2D eigenvalue weighted by Gasteiger charge is -2.26. The van der Waals surface area contributed by atoms with Gasteiger partial charge in [0.05, 0.1) is 23.4 Å². The SMILES string of the molecule is CN(C)CCS(=O)(=O)N1N=C(c2ccccc2)C2C(=O)C(=O)C=CC21. The molecule has 1 aliphatic heterocycles. The maximum atomic E-state index is 12.7. The van der Waals surface area contributed by atoms with Crippen LogP contribution in [0.3, 0.4) is 0 Å². The van der Waals surface area contributed by atoms with Gasteiger partial charge in [0.1, 0.15) is 0 Å². The van der Waals surface area contributed by atoms with Crippen molar-refractivity contribution < 1.29 is 18.0 Å². The minimum absolute atomic E-state index is 0.120. The Hall–Kier alpha value is -2.32. The molecule has 0 N–H and O–H groups in total. The zero-order valence-corrected chi connectivity index (χ0v) is 14.8. The van der Waals surface area contributed by atoms with E-state index in [1.54, 1.807) is 43.3 Å². The predicted octanol–water partition coefficient (Wildman–Crippen LogP) is 0.290. The van der Waals surface area contributed by atoms with E-state index in [1.165, 1.54) is 6.08 Å². The molecule has 1 aliphatic carbocycles. The van der Waals surface area contributed by atoms with Crippen molar-refractivity contribution in [2.24, 2.45) is 11.0 Å². The summed E-state index contributed by atoms with van der Waals surface area (Å²) < 4.78 is 26.4. The number of fused-ring (bicyclic) bond motifs is 1. The summed E-state index contributed by atoms with van der Waals surface area (Å²) in [5.74, 6) is -2.27. The Labute approximate surface area is 146 Å². The maximum Gasteiger partial charge on any atom is 0.251 e. The lowest BCUT2D eigenvalue weighted by Crippen LogP contribution is -2.45. The Bertz CT molecular complexity index is 859. The minimum Gasteiger partial charge on any atom is -0.308 e. The molecule has 0 aromatic heterocycles. The van der Waals surface area contributed by atoms with Crippen LogP contribution >= 0.6 is 0 Å². The second-order valence-corrected chi connectivity index (χ2v) is 8.25. The molecule has 132 valence electrons. The predicted molar refractivity (Wildman–Crippen MR) is 93.6 cm³/mol. The maximum absolute atomic E-state index is 12.7. The van der Waals surface area contributed by atoms with E-state index in [1.807, 2.05) is 6.07 Å². The normalized spacial score (nSPS) is 23.2. The van der Waals surface area contributed by atoms with Crippen molar-refractivity contribution in [3.63, 3.8) is 0 Å². The molecule has 0 fully saturated rings. The van der Waals surface area contributed by atoms with E-state index in [2.05, 4.69) is 5.10 Å². The Morgan fingerprint density at radius 2 is 1.84 bits per heavy atom. The molecule has 0 bridgehead atoms. The molecule has 0 radical (unpaired) electrons. The summed E-state index contributed by atoms with van der Waals surface area (Å²) in [7, 11) is -0.155. The first-order valence-corrected chi connectivity index (χ1v) is 9.49. The summed E-state index contributed by atoms with van der Waals surface area (Å²) in [5, 5.41) is 4.26. The van der Waals surface area contributed by atoms with E-state index in [0.717, 1.165) is 10.5 Å². The third kappa shape index (κ3) is 3.27. The molecule has 0 saturated carbocycles. The van der Waals surface area contributed by atoms with Gasteiger partial charge in [-0.1, -0.05) is 36.4 Å². The fourth-order valence-corrected chi connectivity index (χ4v) is 4.45. The van der Waals surface area contributed by atoms with Crippen LogP contribution in [0.15, 0.2) is 47.6 Å². The Kier molecular flexibility index (Phi) is 4.57. The van der Waals surface area contributed by atoms with Gasteiger partial charge in [-0.15, -0.1) is 0 Å². The lowest BCUT2D eigenvalue weighted by molar-refractivity contribution is -0.135. The molecule has 2 atom stereocenters. The van der Waals surface area contributed by atoms with Crippen molar-refractivity contribution in [2.45, 2.75) is 6.04 Å². The monoisotopic (exact) mass is 361 g/mol. The van der Waals surface area contributed by atoms with Crippen LogP contribution in [0, 0.1) is 5.92 Å². The molecule has 1 heterocycles. The number of hydrogen-bond donors (Lipinski definition) is 0. The van der Waals surface area contributed by atoms with Crippen molar-refractivity contribution in [1.82, 2.24) is 9.31 Å². The first-order chi connectivity index (χ1) is 11.8. The largest absolute Gasteiger partial charge is 0.308 e. The van der Waals surface area contributed by atoms with Crippen molar-refractivity contribution in [2.75, 3.05) is 26.4 Å². The number of allylic oxidation sites excluding steroid dienone is 1. The van der Waals surface area contributed by atoms with Gasteiger partial charge in [0.25, 0.3) is 10.0 Å². The van der Waals surface area contributed by atoms with E-state index in [9.17, 15) is 18.0 Å². The molecular formula is C17H19N3O4S. The topological polar surface area (TPSA) is 87.1 Å². The zero-order valence-electron chi connectivity index (χ0n) is 14.0. The number of rotatable bonds is 5. The van der Waals surface area contributed by atoms with Crippen LogP contribution in [0.25, 0.3) is 0 Å². The number of nitrogens with zero attached hydrogens (tertiary/aromatic N) is 3. The van der Waals surface area contributed by atoms with Crippen LogP contribution in [0.2, 0.25) is 0 Å². The van der Waals surface area contributed by atoms with Crippen molar-refractivity contribution >= 4 is 27.3 Å². The van der Waals surface area contributed by atoms with Crippen LogP contribution in [0.1, 0.15) is 5.56 Å². The second kappa shape index (κ2) is 6.53. The number of carbonyl (C=O) groups excluding carboxylic acids is 2. The first kappa shape index (κ1) is 17.5. The lowest BCUT2D eigenvalue weighted by atomic mass is 9.83. The average Bonchev–Trinajstić information content (AvgIpc) is 2.98. The van der Waals surface area contributed by atoms with Gasteiger partial charge in [-0.25, -0.2) is 8.42 Å². The standard InChI is InChI=1S/C17H19N3O4S/c1-19(2)10-11-25(23,24)20-13-8-9-14(21)17(22)15(13)16(18-20)12-6-4-3-5-7-12/h3-9,13,15H,10-11H2,1-2H3. The molecule has 25 heavy (non-hydrogen) atoms. The van der Waals surface area contributed by atoms with E-state index in [0.29, 0.717) is 17.8 Å². The van der Waals surface area contributed by atoms with Gasteiger partial charge in [-0.3, -0.25) is 9.59 Å². The molecule has 1 aromatic rings. The smallest absolute Gasteiger partial charge is 0.251 e. The number of Topliss-reactive ketones (excluding diaryl/α,β-unsaturated/α-hetero) is 1. The van der Waals surface area contributed by atoms with Crippen LogP contribution in [0.4, 0.5) is 0 Å². The van der Waals surface area contributed by atoms with Gasteiger partial charge >= 0.3 is 0 Å². The van der Waals surface area contributed by atoms with E-state index in [-0.39, 0.29) is 5.75 Å². The Morgan fingerprint density at radius 1 is 1.16 bits per heavy atom. The highest BCUT2D eigenvalue weighted by atomic mass is 32.2.